The van der Waals surface area contributed by atoms with Gasteiger partial charge in [-0.1, -0.05) is 0 Å². The SMILES string of the molecule is CC(C)(C)OC(=O)N1CC2(CC(C=O)N(S(=O)(=O)c3ccc([N+](=O)[O-])cc3)C2)C1. The second-order valence-corrected chi connectivity index (χ2v) is 10.4. The molecular formula is C18H23N3O7S. The van der Waals surface area contributed by atoms with Crippen LogP contribution in [0.3, 0.4) is 0 Å². The van der Waals surface area contributed by atoms with Gasteiger partial charge in [0.05, 0.1) is 15.9 Å². The molecule has 1 aromatic rings. The van der Waals surface area contributed by atoms with Crippen molar-refractivity contribution in [1.82, 2.24) is 9.21 Å². The van der Waals surface area contributed by atoms with Gasteiger partial charge in [-0.25, -0.2) is 13.2 Å². The van der Waals surface area contributed by atoms with Gasteiger partial charge in [-0.05, 0) is 39.3 Å². The highest BCUT2D eigenvalue weighted by atomic mass is 32.2. The van der Waals surface area contributed by atoms with E-state index in [9.17, 15) is 28.1 Å². The van der Waals surface area contributed by atoms with Gasteiger partial charge in [-0.15, -0.1) is 0 Å². The Morgan fingerprint density at radius 1 is 1.24 bits per heavy atom. The predicted octanol–water partition coefficient (Wildman–Crippen LogP) is 1.79. The number of carbonyl (C=O) groups is 2. The van der Waals surface area contributed by atoms with Crippen molar-refractivity contribution in [1.29, 1.82) is 0 Å². The average molecular weight is 425 g/mol. The molecule has 29 heavy (non-hydrogen) atoms. The first-order valence-electron chi connectivity index (χ1n) is 9.06. The fourth-order valence-corrected chi connectivity index (χ4v) is 5.44. The lowest BCUT2D eigenvalue weighted by molar-refractivity contribution is -0.384. The normalized spacial score (nSPS) is 21.6. The van der Waals surface area contributed by atoms with Gasteiger partial charge in [0.15, 0.2) is 0 Å². The monoisotopic (exact) mass is 425 g/mol. The number of ether oxygens (including phenoxy) is 1. The van der Waals surface area contributed by atoms with E-state index >= 15 is 0 Å². The van der Waals surface area contributed by atoms with Crippen molar-refractivity contribution in [3.8, 4) is 0 Å². The lowest BCUT2D eigenvalue weighted by Crippen LogP contribution is -2.60. The second-order valence-electron chi connectivity index (χ2n) is 8.55. The minimum atomic E-state index is -4.01. The largest absolute Gasteiger partial charge is 0.444 e. The third-order valence-electron chi connectivity index (χ3n) is 5.02. The quantitative estimate of drug-likeness (QED) is 0.409. The Balaban J connectivity index is 1.75. The molecule has 11 heteroatoms. The molecule has 0 N–H and O–H groups in total. The standard InChI is InChI=1S/C18H23N3O7S/c1-17(2,3)28-16(23)19-10-18(11-19)8-14(9-22)20(12-18)29(26,27)15-6-4-13(5-7-15)21(24)25/h4-7,9,14H,8,10-12H2,1-3H3. The minimum absolute atomic E-state index is 0.0923. The topological polar surface area (TPSA) is 127 Å². The highest BCUT2D eigenvalue weighted by molar-refractivity contribution is 7.89. The number of aldehydes is 1. The zero-order valence-corrected chi connectivity index (χ0v) is 17.2. The van der Waals surface area contributed by atoms with Crippen LogP contribution in [0.15, 0.2) is 29.2 Å². The summed E-state index contributed by atoms with van der Waals surface area (Å²) in [5.74, 6) is 0. The second kappa shape index (κ2) is 7.06. The van der Waals surface area contributed by atoms with E-state index in [4.69, 9.17) is 4.74 Å². The summed E-state index contributed by atoms with van der Waals surface area (Å²) in [7, 11) is -4.01. The zero-order valence-electron chi connectivity index (χ0n) is 16.4. The molecule has 2 aliphatic heterocycles. The van der Waals surface area contributed by atoms with Crippen LogP contribution in [0.25, 0.3) is 0 Å². The maximum atomic E-state index is 13.0. The molecule has 2 saturated heterocycles. The molecule has 1 spiro atoms. The first-order valence-corrected chi connectivity index (χ1v) is 10.5. The van der Waals surface area contributed by atoms with Crippen LogP contribution >= 0.6 is 0 Å². The summed E-state index contributed by atoms with van der Waals surface area (Å²) < 4.78 is 32.5. The summed E-state index contributed by atoms with van der Waals surface area (Å²) in [4.78, 5) is 35.3. The Kier molecular flexibility index (Phi) is 5.16. The number of hydrogen-bond acceptors (Lipinski definition) is 7. The highest BCUT2D eigenvalue weighted by Gasteiger charge is 2.56. The number of likely N-dealkylation sites (tertiary alicyclic amines) is 1. The number of carbonyl (C=O) groups excluding carboxylic acids is 2. The van der Waals surface area contributed by atoms with Gasteiger partial charge < -0.3 is 14.4 Å². The van der Waals surface area contributed by atoms with Crippen molar-refractivity contribution in [2.24, 2.45) is 5.41 Å². The minimum Gasteiger partial charge on any atom is -0.444 e. The van der Waals surface area contributed by atoms with Crippen molar-refractivity contribution < 1.29 is 27.7 Å². The number of nitrogens with zero attached hydrogens (tertiary/aromatic N) is 3. The fraction of sp³-hybridized carbons (Fsp3) is 0.556. The van der Waals surface area contributed by atoms with Crippen molar-refractivity contribution in [3.63, 3.8) is 0 Å². The first kappa shape index (κ1) is 21.2. The Bertz CT molecular complexity index is 931. The van der Waals surface area contributed by atoms with Gasteiger partial charge in [0.25, 0.3) is 5.69 Å². The molecule has 1 atom stereocenters. The van der Waals surface area contributed by atoms with Gasteiger partial charge in [0, 0.05) is 37.2 Å². The molecule has 1 amide bonds. The van der Waals surface area contributed by atoms with Crippen LogP contribution in [-0.4, -0.2) is 66.2 Å². The molecule has 0 saturated carbocycles. The van der Waals surface area contributed by atoms with E-state index < -0.39 is 38.1 Å². The number of non-ortho nitro benzene ring substituents is 1. The van der Waals surface area contributed by atoms with E-state index in [0.29, 0.717) is 25.8 Å². The van der Waals surface area contributed by atoms with Crippen molar-refractivity contribution in [2.75, 3.05) is 19.6 Å². The number of rotatable bonds is 4. The van der Waals surface area contributed by atoms with Crippen LogP contribution in [0, 0.1) is 15.5 Å². The predicted molar refractivity (Wildman–Crippen MR) is 102 cm³/mol. The Morgan fingerprint density at radius 2 is 1.83 bits per heavy atom. The molecule has 1 unspecified atom stereocenters. The third-order valence-corrected chi connectivity index (χ3v) is 6.90. The van der Waals surface area contributed by atoms with Gasteiger partial charge >= 0.3 is 6.09 Å². The van der Waals surface area contributed by atoms with E-state index in [0.717, 1.165) is 28.6 Å². The van der Waals surface area contributed by atoms with E-state index in [1.165, 1.54) is 4.90 Å². The highest BCUT2D eigenvalue weighted by Crippen LogP contribution is 2.44. The lowest BCUT2D eigenvalue weighted by atomic mass is 9.78. The van der Waals surface area contributed by atoms with Gasteiger partial charge in [0.2, 0.25) is 10.0 Å². The van der Waals surface area contributed by atoms with Crippen molar-refractivity contribution in [3.05, 3.63) is 34.4 Å². The first-order chi connectivity index (χ1) is 13.4. The number of hydrogen-bond donors (Lipinski definition) is 0. The summed E-state index contributed by atoms with van der Waals surface area (Å²) in [6.07, 6.45) is 0.429. The maximum Gasteiger partial charge on any atom is 0.410 e. The molecule has 2 fully saturated rings. The molecule has 0 aliphatic carbocycles. The van der Waals surface area contributed by atoms with E-state index in [2.05, 4.69) is 0 Å². The van der Waals surface area contributed by atoms with Gasteiger partial charge in [0.1, 0.15) is 11.9 Å². The number of amides is 1. The van der Waals surface area contributed by atoms with Crippen LogP contribution in [0.4, 0.5) is 10.5 Å². The van der Waals surface area contributed by atoms with E-state index in [-0.39, 0.29) is 17.1 Å². The van der Waals surface area contributed by atoms with Gasteiger partial charge in [-0.2, -0.15) is 4.31 Å². The number of benzene rings is 1. The van der Waals surface area contributed by atoms with Crippen LogP contribution in [0.1, 0.15) is 27.2 Å². The smallest absolute Gasteiger partial charge is 0.410 e. The van der Waals surface area contributed by atoms with Crippen LogP contribution in [0.5, 0.6) is 0 Å². The molecule has 0 bridgehead atoms. The maximum absolute atomic E-state index is 13.0. The molecular weight excluding hydrogens is 402 g/mol. The molecule has 158 valence electrons. The Labute approximate surface area is 168 Å². The summed E-state index contributed by atoms with van der Waals surface area (Å²) in [5.41, 5.74) is -1.36. The van der Waals surface area contributed by atoms with Crippen molar-refractivity contribution in [2.45, 2.75) is 43.7 Å². The molecule has 0 aromatic heterocycles. The number of sulfonamides is 1. The zero-order chi connectivity index (χ0) is 21.6. The van der Waals surface area contributed by atoms with Gasteiger partial charge in [-0.3, -0.25) is 10.1 Å². The van der Waals surface area contributed by atoms with Crippen LogP contribution in [0.2, 0.25) is 0 Å². The number of nitro benzene ring substituents is 1. The van der Waals surface area contributed by atoms with E-state index in [1.54, 1.807) is 20.8 Å². The molecule has 2 heterocycles. The molecule has 0 radical (unpaired) electrons. The molecule has 10 nitrogen and oxygen atoms in total. The summed E-state index contributed by atoms with van der Waals surface area (Å²) in [6.45, 7) is 5.98. The molecule has 1 aromatic carbocycles. The lowest BCUT2D eigenvalue weighted by Gasteiger charge is -2.47. The fourth-order valence-electron chi connectivity index (χ4n) is 3.76. The van der Waals surface area contributed by atoms with Crippen LogP contribution in [-0.2, 0) is 19.6 Å². The Hall–Kier alpha value is -2.53. The van der Waals surface area contributed by atoms with Crippen molar-refractivity contribution >= 4 is 28.1 Å². The molecule has 2 aliphatic rings. The average Bonchev–Trinajstić information content (AvgIpc) is 3.00. The summed E-state index contributed by atoms with van der Waals surface area (Å²) >= 11 is 0. The summed E-state index contributed by atoms with van der Waals surface area (Å²) in [5, 5.41) is 10.8. The third kappa shape index (κ3) is 4.10. The van der Waals surface area contributed by atoms with E-state index in [1.807, 2.05) is 0 Å². The Morgan fingerprint density at radius 3 is 2.31 bits per heavy atom. The number of nitro groups is 1. The summed E-state index contributed by atoms with van der Waals surface area (Å²) in [6, 6.07) is 3.70. The van der Waals surface area contributed by atoms with Crippen LogP contribution < -0.4 is 0 Å². The molecule has 3 rings (SSSR count).